The molecule has 1 fully saturated rings. The Balaban J connectivity index is 1.73. The van der Waals surface area contributed by atoms with Gasteiger partial charge in [0.25, 0.3) is 0 Å². The molecule has 2 amide bonds. The van der Waals surface area contributed by atoms with Gasteiger partial charge in [-0.15, -0.1) is 0 Å². The van der Waals surface area contributed by atoms with Crippen LogP contribution in [0.25, 0.3) is 0 Å². The average molecular weight is 250 g/mol. The van der Waals surface area contributed by atoms with Crippen molar-refractivity contribution in [3.05, 3.63) is 35.6 Å². The summed E-state index contributed by atoms with van der Waals surface area (Å²) in [5.41, 5.74) is 0.970. The molecule has 0 bridgehead atoms. The minimum Gasteiger partial charge on any atom is -0.355 e. The maximum absolute atomic E-state index is 12.7. The third kappa shape index (κ3) is 3.29. The molecule has 1 atom stereocenters. The van der Waals surface area contributed by atoms with Gasteiger partial charge in [0.15, 0.2) is 0 Å². The topological polar surface area (TPSA) is 58.2 Å². The van der Waals surface area contributed by atoms with E-state index in [2.05, 4.69) is 10.6 Å². The van der Waals surface area contributed by atoms with Crippen LogP contribution in [0.15, 0.2) is 24.3 Å². The normalized spacial score (nSPS) is 18.5. The summed E-state index contributed by atoms with van der Waals surface area (Å²) in [5, 5.41) is 5.41. The van der Waals surface area contributed by atoms with Crippen molar-refractivity contribution in [1.29, 1.82) is 0 Å². The molecule has 0 aliphatic carbocycles. The minimum absolute atomic E-state index is 0.0753. The van der Waals surface area contributed by atoms with E-state index in [0.717, 1.165) is 5.56 Å². The molecule has 4 nitrogen and oxygen atoms in total. The largest absolute Gasteiger partial charge is 0.355 e. The van der Waals surface area contributed by atoms with E-state index in [9.17, 15) is 14.0 Å². The fraction of sp³-hybridized carbons (Fsp3) is 0.385. The highest BCUT2D eigenvalue weighted by Gasteiger charge is 2.27. The molecule has 1 aliphatic heterocycles. The molecule has 2 rings (SSSR count). The van der Waals surface area contributed by atoms with Crippen molar-refractivity contribution in [2.24, 2.45) is 5.92 Å². The van der Waals surface area contributed by atoms with E-state index in [0.29, 0.717) is 19.5 Å². The Morgan fingerprint density at radius 3 is 2.72 bits per heavy atom. The smallest absolute Gasteiger partial charge is 0.225 e. The predicted molar refractivity (Wildman–Crippen MR) is 64.2 cm³/mol. The highest BCUT2D eigenvalue weighted by Crippen LogP contribution is 2.08. The van der Waals surface area contributed by atoms with E-state index in [-0.39, 0.29) is 30.0 Å². The zero-order chi connectivity index (χ0) is 13.0. The first-order valence-electron chi connectivity index (χ1n) is 5.94. The number of halogens is 1. The highest BCUT2D eigenvalue weighted by atomic mass is 19.1. The number of hydrogen-bond acceptors (Lipinski definition) is 2. The fourth-order valence-corrected chi connectivity index (χ4v) is 1.92. The fourth-order valence-electron chi connectivity index (χ4n) is 1.92. The lowest BCUT2D eigenvalue weighted by molar-refractivity contribution is -0.126. The molecule has 0 saturated carbocycles. The van der Waals surface area contributed by atoms with E-state index in [4.69, 9.17) is 0 Å². The van der Waals surface area contributed by atoms with Crippen LogP contribution in [-0.4, -0.2) is 24.9 Å². The lowest BCUT2D eigenvalue weighted by Crippen LogP contribution is -2.33. The van der Waals surface area contributed by atoms with Gasteiger partial charge in [-0.2, -0.15) is 0 Å². The molecule has 0 radical (unpaired) electrons. The van der Waals surface area contributed by atoms with Gasteiger partial charge in [-0.25, -0.2) is 4.39 Å². The molecule has 1 saturated heterocycles. The second-order valence-corrected chi connectivity index (χ2v) is 4.37. The summed E-state index contributed by atoms with van der Waals surface area (Å²) >= 11 is 0. The maximum Gasteiger partial charge on any atom is 0.225 e. The van der Waals surface area contributed by atoms with Gasteiger partial charge in [-0.3, -0.25) is 9.59 Å². The third-order valence-corrected chi connectivity index (χ3v) is 2.97. The van der Waals surface area contributed by atoms with E-state index >= 15 is 0 Å². The van der Waals surface area contributed by atoms with Gasteiger partial charge in [-0.05, 0) is 24.1 Å². The summed E-state index contributed by atoms with van der Waals surface area (Å²) in [6.07, 6.45) is 0.919. The molecule has 1 aromatic rings. The molecule has 5 heteroatoms. The quantitative estimate of drug-likeness (QED) is 0.823. The summed E-state index contributed by atoms with van der Waals surface area (Å²) < 4.78 is 12.7. The van der Waals surface area contributed by atoms with Crippen LogP contribution in [0, 0.1) is 11.7 Å². The molecular weight excluding hydrogens is 235 g/mol. The van der Waals surface area contributed by atoms with Crippen LogP contribution in [0.4, 0.5) is 4.39 Å². The van der Waals surface area contributed by atoms with Gasteiger partial charge >= 0.3 is 0 Å². The molecule has 18 heavy (non-hydrogen) atoms. The van der Waals surface area contributed by atoms with Crippen LogP contribution in [0.5, 0.6) is 0 Å². The van der Waals surface area contributed by atoms with E-state index in [1.54, 1.807) is 12.1 Å². The Bertz CT molecular complexity index is 445. The average Bonchev–Trinajstić information content (AvgIpc) is 2.78. The molecule has 1 unspecified atom stereocenters. The maximum atomic E-state index is 12.7. The number of amides is 2. The number of carbonyl (C=O) groups is 2. The van der Waals surface area contributed by atoms with Crippen LogP contribution in [0.2, 0.25) is 0 Å². The van der Waals surface area contributed by atoms with Crippen molar-refractivity contribution in [2.75, 3.05) is 13.1 Å². The molecule has 1 heterocycles. The first-order valence-corrected chi connectivity index (χ1v) is 5.94. The minimum atomic E-state index is -0.265. The Labute approximate surface area is 105 Å². The number of benzene rings is 1. The van der Waals surface area contributed by atoms with Crippen LogP contribution in [0.3, 0.4) is 0 Å². The van der Waals surface area contributed by atoms with Gasteiger partial charge in [0.2, 0.25) is 11.8 Å². The third-order valence-electron chi connectivity index (χ3n) is 2.97. The van der Waals surface area contributed by atoms with Crippen molar-refractivity contribution in [3.8, 4) is 0 Å². The summed E-state index contributed by atoms with van der Waals surface area (Å²) in [5.74, 6) is -0.701. The summed E-state index contributed by atoms with van der Waals surface area (Å²) in [7, 11) is 0. The van der Waals surface area contributed by atoms with Crippen LogP contribution < -0.4 is 10.6 Å². The van der Waals surface area contributed by atoms with E-state index < -0.39 is 0 Å². The molecular formula is C13H15FN2O2. The Morgan fingerprint density at radius 1 is 1.39 bits per heavy atom. The zero-order valence-electron chi connectivity index (χ0n) is 9.91. The lowest BCUT2D eigenvalue weighted by atomic mass is 10.1. The first-order chi connectivity index (χ1) is 8.65. The predicted octanol–water partition coefficient (Wildman–Crippen LogP) is 0.620. The van der Waals surface area contributed by atoms with Gasteiger partial charge in [0, 0.05) is 19.5 Å². The Hall–Kier alpha value is -1.91. The molecule has 1 aliphatic rings. The number of hydrogen-bond donors (Lipinski definition) is 2. The van der Waals surface area contributed by atoms with Crippen molar-refractivity contribution in [3.63, 3.8) is 0 Å². The lowest BCUT2D eigenvalue weighted by Gasteiger charge is -2.09. The summed E-state index contributed by atoms with van der Waals surface area (Å²) in [6, 6.07) is 6.19. The number of nitrogens with one attached hydrogen (secondary N) is 2. The van der Waals surface area contributed by atoms with Gasteiger partial charge in [0.1, 0.15) is 5.82 Å². The zero-order valence-corrected chi connectivity index (χ0v) is 9.91. The molecule has 0 aromatic heterocycles. The van der Waals surface area contributed by atoms with Crippen molar-refractivity contribution >= 4 is 11.8 Å². The van der Waals surface area contributed by atoms with Crippen LogP contribution >= 0.6 is 0 Å². The van der Waals surface area contributed by atoms with Gasteiger partial charge in [0.05, 0.1) is 5.92 Å². The molecule has 2 N–H and O–H groups in total. The molecule has 0 spiro atoms. The van der Waals surface area contributed by atoms with Gasteiger partial charge in [-0.1, -0.05) is 12.1 Å². The van der Waals surface area contributed by atoms with Crippen LogP contribution in [0.1, 0.15) is 12.0 Å². The van der Waals surface area contributed by atoms with Crippen molar-refractivity contribution < 1.29 is 14.0 Å². The molecule has 1 aromatic carbocycles. The summed E-state index contributed by atoms with van der Waals surface area (Å²) in [6.45, 7) is 0.913. The van der Waals surface area contributed by atoms with Crippen LogP contribution in [-0.2, 0) is 16.0 Å². The second kappa shape index (κ2) is 5.62. The second-order valence-electron chi connectivity index (χ2n) is 4.37. The standard InChI is InChI=1S/C13H15FN2O2/c14-11-3-1-9(2-4-11)5-6-15-13(18)10-7-12(17)16-8-10/h1-4,10H,5-8H2,(H,15,18)(H,16,17). The van der Waals surface area contributed by atoms with Gasteiger partial charge < -0.3 is 10.6 Å². The Morgan fingerprint density at radius 2 is 2.11 bits per heavy atom. The number of carbonyl (C=O) groups excluding carboxylic acids is 2. The highest BCUT2D eigenvalue weighted by molar-refractivity contribution is 5.89. The Kier molecular flexibility index (Phi) is 3.92. The summed E-state index contributed by atoms with van der Waals surface area (Å²) in [4.78, 5) is 22.6. The van der Waals surface area contributed by atoms with Crippen molar-refractivity contribution in [1.82, 2.24) is 10.6 Å². The first kappa shape index (κ1) is 12.5. The SMILES string of the molecule is O=C1CC(C(=O)NCCc2ccc(F)cc2)CN1. The molecule has 96 valence electrons. The van der Waals surface area contributed by atoms with E-state index in [1.807, 2.05) is 0 Å². The van der Waals surface area contributed by atoms with E-state index in [1.165, 1.54) is 12.1 Å². The monoisotopic (exact) mass is 250 g/mol. The van der Waals surface area contributed by atoms with Crippen molar-refractivity contribution in [2.45, 2.75) is 12.8 Å². The number of rotatable bonds is 4.